The maximum Gasteiger partial charge on any atom is 0.303 e. The fourth-order valence-corrected chi connectivity index (χ4v) is 2.80. The van der Waals surface area contributed by atoms with Gasteiger partial charge in [0, 0.05) is 19.0 Å². The van der Waals surface area contributed by atoms with Crippen molar-refractivity contribution >= 4 is 18.4 Å². The SMILES string of the molecule is CC(O)CN(CCCCC(=O)O)C1CCCCC1.Cl. The van der Waals surface area contributed by atoms with E-state index >= 15 is 0 Å². The van der Waals surface area contributed by atoms with Crippen LogP contribution in [-0.4, -0.2) is 46.3 Å². The van der Waals surface area contributed by atoms with Crippen molar-refractivity contribution in [2.45, 2.75) is 70.4 Å². The Hall–Kier alpha value is -0.320. The third-order valence-electron chi connectivity index (χ3n) is 3.68. The molecule has 0 amide bonds. The summed E-state index contributed by atoms with van der Waals surface area (Å²) in [5, 5.41) is 18.2. The Balaban J connectivity index is 0.00000324. The first-order valence-corrected chi connectivity index (χ1v) is 7.23. The number of carboxylic acids is 1. The minimum absolute atomic E-state index is 0. The summed E-state index contributed by atoms with van der Waals surface area (Å²) in [7, 11) is 0. The van der Waals surface area contributed by atoms with Crippen LogP contribution in [0.3, 0.4) is 0 Å². The predicted molar refractivity (Wildman–Crippen MR) is 78.9 cm³/mol. The number of aliphatic carboxylic acids is 1. The Kier molecular flexibility index (Phi) is 10.3. The Labute approximate surface area is 122 Å². The fourth-order valence-electron chi connectivity index (χ4n) is 2.80. The number of halogens is 1. The van der Waals surface area contributed by atoms with Gasteiger partial charge in [-0.25, -0.2) is 0 Å². The molecule has 1 fully saturated rings. The van der Waals surface area contributed by atoms with Crippen LogP contribution >= 0.6 is 12.4 Å². The zero-order chi connectivity index (χ0) is 13.4. The highest BCUT2D eigenvalue weighted by Crippen LogP contribution is 2.23. The summed E-state index contributed by atoms with van der Waals surface area (Å²) in [6.07, 6.45) is 7.97. The van der Waals surface area contributed by atoms with E-state index in [-0.39, 0.29) is 24.9 Å². The smallest absolute Gasteiger partial charge is 0.303 e. The molecule has 1 aliphatic carbocycles. The second kappa shape index (κ2) is 10.5. The number of nitrogens with zero attached hydrogens (tertiary/aromatic N) is 1. The molecule has 0 radical (unpaired) electrons. The number of aliphatic hydroxyl groups excluding tert-OH is 1. The van der Waals surface area contributed by atoms with Crippen LogP contribution in [0.5, 0.6) is 0 Å². The van der Waals surface area contributed by atoms with Gasteiger partial charge in [-0.05, 0) is 39.2 Å². The molecule has 1 unspecified atom stereocenters. The minimum Gasteiger partial charge on any atom is -0.481 e. The highest BCUT2D eigenvalue weighted by molar-refractivity contribution is 5.85. The molecule has 1 saturated carbocycles. The van der Waals surface area contributed by atoms with E-state index in [9.17, 15) is 9.90 Å². The molecule has 0 aromatic carbocycles. The van der Waals surface area contributed by atoms with Crippen molar-refractivity contribution in [3.05, 3.63) is 0 Å². The van der Waals surface area contributed by atoms with E-state index in [1.807, 2.05) is 6.92 Å². The molecule has 0 aromatic heterocycles. The van der Waals surface area contributed by atoms with Crippen LogP contribution in [-0.2, 0) is 4.79 Å². The molecule has 0 aliphatic heterocycles. The zero-order valence-corrected chi connectivity index (χ0v) is 12.7. The second-order valence-corrected chi connectivity index (χ2v) is 5.49. The van der Waals surface area contributed by atoms with Crippen molar-refractivity contribution in [2.24, 2.45) is 0 Å². The molecule has 1 rings (SSSR count). The quantitative estimate of drug-likeness (QED) is 0.676. The lowest BCUT2D eigenvalue weighted by Gasteiger charge is -2.35. The van der Waals surface area contributed by atoms with E-state index in [4.69, 9.17) is 5.11 Å². The summed E-state index contributed by atoms with van der Waals surface area (Å²) in [5.74, 6) is -0.713. The average molecular weight is 294 g/mol. The molecule has 1 atom stereocenters. The number of unbranched alkanes of at least 4 members (excludes halogenated alkanes) is 1. The van der Waals surface area contributed by atoms with Gasteiger partial charge in [0.2, 0.25) is 0 Å². The van der Waals surface area contributed by atoms with Gasteiger partial charge in [-0.2, -0.15) is 0 Å². The summed E-state index contributed by atoms with van der Waals surface area (Å²) in [5.41, 5.74) is 0. The first-order valence-electron chi connectivity index (χ1n) is 7.23. The van der Waals surface area contributed by atoms with Crippen LogP contribution < -0.4 is 0 Å². The second-order valence-electron chi connectivity index (χ2n) is 5.49. The van der Waals surface area contributed by atoms with Gasteiger partial charge in [-0.15, -0.1) is 12.4 Å². The summed E-state index contributed by atoms with van der Waals surface area (Å²) in [6, 6.07) is 0.596. The fraction of sp³-hybridized carbons (Fsp3) is 0.929. The summed E-state index contributed by atoms with van der Waals surface area (Å²) in [6.45, 7) is 3.47. The molecule has 5 heteroatoms. The van der Waals surface area contributed by atoms with Crippen molar-refractivity contribution in [1.29, 1.82) is 0 Å². The van der Waals surface area contributed by atoms with Crippen LogP contribution in [0.2, 0.25) is 0 Å². The summed E-state index contributed by atoms with van der Waals surface area (Å²) in [4.78, 5) is 12.8. The number of hydrogen-bond acceptors (Lipinski definition) is 3. The Morgan fingerprint density at radius 2 is 1.89 bits per heavy atom. The lowest BCUT2D eigenvalue weighted by atomic mass is 9.93. The van der Waals surface area contributed by atoms with E-state index in [0.717, 1.165) is 25.9 Å². The van der Waals surface area contributed by atoms with E-state index in [2.05, 4.69) is 4.90 Å². The Morgan fingerprint density at radius 3 is 2.42 bits per heavy atom. The van der Waals surface area contributed by atoms with Gasteiger partial charge in [0.25, 0.3) is 0 Å². The van der Waals surface area contributed by atoms with Crippen LogP contribution in [0.15, 0.2) is 0 Å². The molecule has 1 aliphatic rings. The molecule has 0 spiro atoms. The number of rotatable bonds is 8. The molecular weight excluding hydrogens is 266 g/mol. The summed E-state index contributed by atoms with van der Waals surface area (Å²) < 4.78 is 0. The standard InChI is InChI=1S/C14H27NO3.ClH/c1-12(16)11-15(10-6-5-9-14(17)18)13-7-3-2-4-8-13;/h12-13,16H,2-11H2,1H3,(H,17,18);1H. The average Bonchev–Trinajstić information content (AvgIpc) is 2.33. The normalized spacial score (nSPS) is 18.1. The molecule has 0 aromatic rings. The topological polar surface area (TPSA) is 60.8 Å². The van der Waals surface area contributed by atoms with Crippen LogP contribution in [0.25, 0.3) is 0 Å². The van der Waals surface area contributed by atoms with Crippen molar-refractivity contribution in [2.75, 3.05) is 13.1 Å². The van der Waals surface area contributed by atoms with Gasteiger partial charge in [0.1, 0.15) is 0 Å². The first-order chi connectivity index (χ1) is 8.59. The van der Waals surface area contributed by atoms with Gasteiger partial charge in [-0.3, -0.25) is 9.69 Å². The molecule has 2 N–H and O–H groups in total. The van der Waals surface area contributed by atoms with Crippen molar-refractivity contribution in [1.82, 2.24) is 4.90 Å². The van der Waals surface area contributed by atoms with Crippen LogP contribution in [0.1, 0.15) is 58.3 Å². The molecule has 114 valence electrons. The largest absolute Gasteiger partial charge is 0.481 e. The van der Waals surface area contributed by atoms with E-state index < -0.39 is 5.97 Å². The molecule has 19 heavy (non-hydrogen) atoms. The third-order valence-corrected chi connectivity index (χ3v) is 3.68. The van der Waals surface area contributed by atoms with Gasteiger partial charge >= 0.3 is 5.97 Å². The number of carbonyl (C=O) groups is 1. The lowest BCUT2D eigenvalue weighted by Crippen LogP contribution is -2.41. The highest BCUT2D eigenvalue weighted by atomic mass is 35.5. The number of hydrogen-bond donors (Lipinski definition) is 2. The van der Waals surface area contributed by atoms with Gasteiger partial charge in [-0.1, -0.05) is 19.3 Å². The Bertz CT molecular complexity index is 243. The molecule has 0 heterocycles. The Morgan fingerprint density at radius 1 is 1.26 bits per heavy atom. The van der Waals surface area contributed by atoms with Crippen LogP contribution in [0, 0.1) is 0 Å². The number of aliphatic hydroxyl groups is 1. The molecular formula is C14H28ClNO3. The molecule has 0 saturated heterocycles. The third kappa shape index (κ3) is 8.45. The van der Waals surface area contributed by atoms with E-state index in [1.54, 1.807) is 0 Å². The van der Waals surface area contributed by atoms with E-state index in [0.29, 0.717) is 6.04 Å². The van der Waals surface area contributed by atoms with Gasteiger partial charge < -0.3 is 10.2 Å². The van der Waals surface area contributed by atoms with Gasteiger partial charge in [0.05, 0.1) is 6.10 Å². The van der Waals surface area contributed by atoms with Crippen molar-refractivity contribution in [3.8, 4) is 0 Å². The highest BCUT2D eigenvalue weighted by Gasteiger charge is 2.21. The maximum atomic E-state index is 10.5. The number of carboxylic acid groups (broad SMARTS) is 1. The van der Waals surface area contributed by atoms with E-state index in [1.165, 1.54) is 32.1 Å². The monoisotopic (exact) mass is 293 g/mol. The van der Waals surface area contributed by atoms with Crippen molar-refractivity contribution < 1.29 is 15.0 Å². The maximum absolute atomic E-state index is 10.5. The molecule has 4 nitrogen and oxygen atoms in total. The van der Waals surface area contributed by atoms with Crippen molar-refractivity contribution in [3.63, 3.8) is 0 Å². The lowest BCUT2D eigenvalue weighted by molar-refractivity contribution is -0.137. The summed E-state index contributed by atoms with van der Waals surface area (Å²) >= 11 is 0. The predicted octanol–water partition coefficient (Wildman–Crippen LogP) is 2.68. The van der Waals surface area contributed by atoms with Gasteiger partial charge in [0.15, 0.2) is 0 Å². The minimum atomic E-state index is -0.713. The first kappa shape index (κ1) is 18.7. The van der Waals surface area contributed by atoms with Crippen LogP contribution in [0.4, 0.5) is 0 Å². The molecule has 0 bridgehead atoms. The zero-order valence-electron chi connectivity index (χ0n) is 11.9.